The number of benzene rings is 1. The number of carbonyl (C=O) groups excluding carboxylic acids is 1. The number of nitro groups is 1. The number of carbonyl (C=O) groups is 1. The Morgan fingerprint density at radius 2 is 2.23 bits per heavy atom. The number of hydrogen-bond acceptors (Lipinski definition) is 6. The van der Waals surface area contributed by atoms with Crippen molar-refractivity contribution < 1.29 is 14.1 Å². The molecule has 0 aliphatic heterocycles. The van der Waals surface area contributed by atoms with Crippen molar-refractivity contribution >= 4 is 34.5 Å². The van der Waals surface area contributed by atoms with Crippen molar-refractivity contribution in [1.82, 2.24) is 10.3 Å². The molecule has 2 aromatic rings. The van der Waals surface area contributed by atoms with Gasteiger partial charge in [-0.15, -0.1) is 0 Å². The zero-order valence-electron chi connectivity index (χ0n) is 12.6. The number of rotatable bonds is 6. The summed E-state index contributed by atoms with van der Waals surface area (Å²) in [4.78, 5) is 26.2. The molecule has 0 spiro atoms. The van der Waals surface area contributed by atoms with E-state index in [1.54, 1.807) is 0 Å². The topological polar surface area (TPSA) is 98.3 Å². The van der Waals surface area contributed by atoms with E-state index in [2.05, 4.69) is 10.3 Å². The predicted octanol–water partition coefficient (Wildman–Crippen LogP) is 3.13. The first kappa shape index (κ1) is 16.3. The van der Waals surface area contributed by atoms with Crippen LogP contribution in [0.15, 0.2) is 27.8 Å². The average molecular weight is 323 g/mol. The Morgan fingerprint density at radius 3 is 2.86 bits per heavy atom. The Kier molecular flexibility index (Phi) is 4.70. The molecular weight excluding hydrogens is 306 g/mol. The van der Waals surface area contributed by atoms with Gasteiger partial charge in [-0.2, -0.15) is 0 Å². The van der Waals surface area contributed by atoms with Crippen LogP contribution in [0.2, 0.25) is 0 Å². The fourth-order valence-corrected chi connectivity index (χ4v) is 2.34. The molecule has 0 bridgehead atoms. The fourth-order valence-electron chi connectivity index (χ4n) is 1.70. The molecule has 0 saturated carbocycles. The van der Waals surface area contributed by atoms with Gasteiger partial charge in [-0.05, 0) is 26.3 Å². The van der Waals surface area contributed by atoms with E-state index in [4.69, 9.17) is 4.42 Å². The largest absolute Gasteiger partial charge is 0.431 e. The molecule has 1 heterocycles. The summed E-state index contributed by atoms with van der Waals surface area (Å²) < 4.78 is 5.46. The van der Waals surface area contributed by atoms with E-state index in [0.29, 0.717) is 16.3 Å². The molecular formula is C14H17N3O4S. The van der Waals surface area contributed by atoms with Gasteiger partial charge in [0, 0.05) is 17.7 Å². The molecule has 0 aliphatic carbocycles. The van der Waals surface area contributed by atoms with Crippen molar-refractivity contribution in [2.24, 2.45) is 0 Å². The van der Waals surface area contributed by atoms with Crippen LogP contribution >= 0.6 is 11.8 Å². The summed E-state index contributed by atoms with van der Waals surface area (Å²) >= 11 is 1.16. The van der Waals surface area contributed by atoms with Crippen molar-refractivity contribution in [2.75, 3.05) is 5.75 Å². The van der Waals surface area contributed by atoms with Gasteiger partial charge >= 0.3 is 0 Å². The Balaban J connectivity index is 2.03. The Morgan fingerprint density at radius 1 is 1.50 bits per heavy atom. The Labute approximate surface area is 131 Å². The second kappa shape index (κ2) is 6.35. The molecule has 0 atom stereocenters. The normalized spacial score (nSPS) is 11.6. The minimum absolute atomic E-state index is 0.0419. The van der Waals surface area contributed by atoms with Gasteiger partial charge in [-0.25, -0.2) is 4.98 Å². The number of nitrogens with one attached hydrogen (secondary N) is 1. The average Bonchev–Trinajstić information content (AvgIpc) is 2.86. The SMILES string of the molecule is CCC(C)(C)NC(=O)CSc1nc2cc([N+](=O)[O-])ccc2o1. The quantitative estimate of drug-likeness (QED) is 0.498. The maximum atomic E-state index is 11.9. The second-order valence-electron chi connectivity index (χ2n) is 5.46. The smallest absolute Gasteiger partial charge is 0.271 e. The van der Waals surface area contributed by atoms with Gasteiger partial charge in [0.1, 0.15) is 5.52 Å². The number of fused-ring (bicyclic) bond motifs is 1. The monoisotopic (exact) mass is 323 g/mol. The summed E-state index contributed by atoms with van der Waals surface area (Å²) in [5, 5.41) is 14.0. The molecule has 0 radical (unpaired) electrons. The number of aromatic nitrogens is 1. The molecule has 1 aromatic heterocycles. The number of amides is 1. The number of nitro benzene ring substituents is 1. The molecule has 0 fully saturated rings. The molecule has 2 rings (SSSR count). The number of nitrogens with zero attached hydrogens (tertiary/aromatic N) is 2. The van der Waals surface area contributed by atoms with E-state index in [-0.39, 0.29) is 22.9 Å². The van der Waals surface area contributed by atoms with Crippen LogP contribution in [0.3, 0.4) is 0 Å². The molecule has 1 aromatic carbocycles. The summed E-state index contributed by atoms with van der Waals surface area (Å²) in [6.45, 7) is 5.91. The Hall–Kier alpha value is -2.09. The maximum Gasteiger partial charge on any atom is 0.271 e. The number of thioether (sulfide) groups is 1. The van der Waals surface area contributed by atoms with Gasteiger partial charge < -0.3 is 9.73 Å². The molecule has 7 nitrogen and oxygen atoms in total. The van der Waals surface area contributed by atoms with E-state index in [0.717, 1.165) is 18.2 Å². The molecule has 8 heteroatoms. The van der Waals surface area contributed by atoms with Gasteiger partial charge in [0.15, 0.2) is 5.58 Å². The van der Waals surface area contributed by atoms with E-state index in [1.165, 1.54) is 18.2 Å². The zero-order valence-corrected chi connectivity index (χ0v) is 13.4. The maximum absolute atomic E-state index is 11.9. The molecule has 1 amide bonds. The summed E-state index contributed by atoms with van der Waals surface area (Å²) in [6, 6.07) is 4.21. The minimum atomic E-state index is -0.485. The van der Waals surface area contributed by atoms with Gasteiger partial charge in [0.2, 0.25) is 5.91 Å². The first-order valence-corrected chi connectivity index (χ1v) is 7.78. The van der Waals surface area contributed by atoms with Gasteiger partial charge in [0.25, 0.3) is 10.9 Å². The third-order valence-corrected chi connectivity index (χ3v) is 4.08. The van der Waals surface area contributed by atoms with Crippen LogP contribution in [0.25, 0.3) is 11.1 Å². The van der Waals surface area contributed by atoms with Crippen molar-refractivity contribution in [2.45, 2.75) is 38.0 Å². The third kappa shape index (κ3) is 3.97. The third-order valence-electron chi connectivity index (χ3n) is 3.25. The molecule has 22 heavy (non-hydrogen) atoms. The lowest BCUT2D eigenvalue weighted by atomic mass is 10.0. The van der Waals surface area contributed by atoms with E-state index in [9.17, 15) is 14.9 Å². The highest BCUT2D eigenvalue weighted by Crippen LogP contribution is 2.26. The van der Waals surface area contributed by atoms with Crippen LogP contribution in [0.1, 0.15) is 27.2 Å². The molecule has 0 aliphatic rings. The van der Waals surface area contributed by atoms with Crippen molar-refractivity contribution in [3.63, 3.8) is 0 Å². The van der Waals surface area contributed by atoms with Crippen LogP contribution in [0, 0.1) is 10.1 Å². The first-order valence-electron chi connectivity index (χ1n) is 6.79. The van der Waals surface area contributed by atoms with E-state index >= 15 is 0 Å². The van der Waals surface area contributed by atoms with Gasteiger partial charge in [-0.1, -0.05) is 18.7 Å². The van der Waals surface area contributed by atoms with E-state index < -0.39 is 4.92 Å². The number of non-ortho nitro benzene ring substituents is 1. The fraction of sp³-hybridized carbons (Fsp3) is 0.429. The second-order valence-corrected chi connectivity index (χ2v) is 6.39. The van der Waals surface area contributed by atoms with Crippen LogP contribution in [0.4, 0.5) is 5.69 Å². The number of hydrogen-bond donors (Lipinski definition) is 1. The van der Waals surface area contributed by atoms with Crippen LogP contribution in [0.5, 0.6) is 0 Å². The molecule has 118 valence electrons. The molecule has 0 unspecified atom stereocenters. The minimum Gasteiger partial charge on any atom is -0.431 e. The van der Waals surface area contributed by atoms with Gasteiger partial charge in [0.05, 0.1) is 10.7 Å². The highest BCUT2D eigenvalue weighted by Gasteiger charge is 2.19. The lowest BCUT2D eigenvalue weighted by Gasteiger charge is -2.24. The Bertz CT molecular complexity index is 711. The van der Waals surface area contributed by atoms with Crippen LogP contribution < -0.4 is 5.32 Å². The highest BCUT2D eigenvalue weighted by molar-refractivity contribution is 7.99. The summed E-state index contributed by atoms with van der Waals surface area (Å²) in [5.41, 5.74) is 0.577. The van der Waals surface area contributed by atoms with Crippen LogP contribution in [-0.4, -0.2) is 27.1 Å². The van der Waals surface area contributed by atoms with Crippen LogP contribution in [-0.2, 0) is 4.79 Å². The molecule has 1 N–H and O–H groups in total. The van der Waals surface area contributed by atoms with Crippen molar-refractivity contribution in [3.8, 4) is 0 Å². The van der Waals surface area contributed by atoms with Gasteiger partial charge in [-0.3, -0.25) is 14.9 Å². The predicted molar refractivity (Wildman–Crippen MR) is 83.9 cm³/mol. The first-order chi connectivity index (χ1) is 10.3. The summed E-state index contributed by atoms with van der Waals surface area (Å²) in [7, 11) is 0. The standard InChI is InChI=1S/C14H17N3O4S/c1-4-14(2,3)16-12(18)8-22-13-15-10-7-9(17(19)20)5-6-11(10)21-13/h5-7H,4,8H2,1-3H3,(H,16,18). The van der Waals surface area contributed by atoms with Crippen molar-refractivity contribution in [1.29, 1.82) is 0 Å². The highest BCUT2D eigenvalue weighted by atomic mass is 32.2. The van der Waals surface area contributed by atoms with E-state index in [1.807, 2.05) is 20.8 Å². The lowest BCUT2D eigenvalue weighted by molar-refractivity contribution is -0.384. The summed E-state index contributed by atoms with van der Waals surface area (Å²) in [5.74, 6) is 0.0725. The zero-order chi connectivity index (χ0) is 16.3. The molecule has 0 saturated heterocycles. The summed E-state index contributed by atoms with van der Waals surface area (Å²) in [6.07, 6.45) is 0.829. The van der Waals surface area contributed by atoms with Crippen molar-refractivity contribution in [3.05, 3.63) is 28.3 Å². The lowest BCUT2D eigenvalue weighted by Crippen LogP contribution is -2.43. The number of oxazole rings is 1.